The topological polar surface area (TPSA) is 59.9 Å². The van der Waals surface area contributed by atoms with Crippen LogP contribution in [0.4, 0.5) is 5.69 Å². The number of para-hydroxylation sites is 1. The molecule has 0 aromatic heterocycles. The maximum atomic E-state index is 11.8. The van der Waals surface area contributed by atoms with Gasteiger partial charge < -0.3 is 14.9 Å². The van der Waals surface area contributed by atoms with Crippen LogP contribution in [0.5, 0.6) is 5.75 Å². The molecular formula is C17H17ClN2O3. The number of hydrogen-bond acceptors (Lipinski definition) is 4. The van der Waals surface area contributed by atoms with E-state index < -0.39 is 0 Å². The van der Waals surface area contributed by atoms with Gasteiger partial charge in [0, 0.05) is 5.56 Å². The van der Waals surface area contributed by atoms with Gasteiger partial charge in [0.1, 0.15) is 5.75 Å². The SMILES string of the molecule is COc1ccccc1/C=N\OCC(=O)Nc1ccc(C)cc1Cl. The monoisotopic (exact) mass is 332 g/mol. The van der Waals surface area contributed by atoms with Crippen LogP contribution in [0.3, 0.4) is 0 Å². The molecule has 0 aliphatic carbocycles. The van der Waals surface area contributed by atoms with Gasteiger partial charge in [-0.05, 0) is 36.8 Å². The largest absolute Gasteiger partial charge is 0.496 e. The maximum Gasteiger partial charge on any atom is 0.265 e. The number of oxime groups is 1. The van der Waals surface area contributed by atoms with E-state index in [-0.39, 0.29) is 12.5 Å². The molecule has 23 heavy (non-hydrogen) atoms. The van der Waals surface area contributed by atoms with Gasteiger partial charge in [-0.15, -0.1) is 0 Å². The molecule has 6 heteroatoms. The molecular weight excluding hydrogens is 316 g/mol. The number of benzene rings is 2. The highest BCUT2D eigenvalue weighted by Gasteiger charge is 2.06. The van der Waals surface area contributed by atoms with Crippen molar-refractivity contribution >= 4 is 29.4 Å². The minimum atomic E-state index is -0.340. The summed E-state index contributed by atoms with van der Waals surface area (Å²) in [6.07, 6.45) is 1.49. The predicted molar refractivity (Wildman–Crippen MR) is 91.4 cm³/mol. The lowest BCUT2D eigenvalue weighted by Crippen LogP contribution is -2.17. The number of rotatable bonds is 6. The molecule has 0 aliphatic rings. The zero-order valence-electron chi connectivity index (χ0n) is 12.9. The van der Waals surface area contributed by atoms with Crippen LogP contribution in [0.2, 0.25) is 5.02 Å². The van der Waals surface area contributed by atoms with E-state index in [1.54, 1.807) is 19.2 Å². The van der Waals surface area contributed by atoms with E-state index in [4.69, 9.17) is 21.2 Å². The van der Waals surface area contributed by atoms with Crippen LogP contribution in [0.15, 0.2) is 47.6 Å². The van der Waals surface area contributed by atoms with E-state index in [2.05, 4.69) is 10.5 Å². The van der Waals surface area contributed by atoms with Gasteiger partial charge in [-0.25, -0.2) is 0 Å². The predicted octanol–water partition coefficient (Wildman–Crippen LogP) is 3.65. The Hall–Kier alpha value is -2.53. The van der Waals surface area contributed by atoms with Crippen LogP contribution in [0, 0.1) is 6.92 Å². The number of hydrogen-bond donors (Lipinski definition) is 1. The van der Waals surface area contributed by atoms with E-state index in [1.165, 1.54) is 6.21 Å². The molecule has 0 aliphatic heterocycles. The summed E-state index contributed by atoms with van der Waals surface area (Å²) in [5.74, 6) is 0.337. The molecule has 1 amide bonds. The van der Waals surface area contributed by atoms with Gasteiger partial charge in [0.2, 0.25) is 0 Å². The second-order valence-corrected chi connectivity index (χ2v) is 5.19. The first-order chi connectivity index (χ1) is 11.1. The molecule has 2 rings (SSSR count). The Morgan fingerprint density at radius 1 is 1.30 bits per heavy atom. The van der Waals surface area contributed by atoms with E-state index in [1.807, 2.05) is 37.3 Å². The summed E-state index contributed by atoms with van der Waals surface area (Å²) in [5, 5.41) is 6.92. The van der Waals surface area contributed by atoms with Crippen LogP contribution < -0.4 is 10.1 Å². The highest BCUT2D eigenvalue weighted by Crippen LogP contribution is 2.22. The minimum absolute atomic E-state index is 0.212. The van der Waals surface area contributed by atoms with Crippen molar-refractivity contribution < 1.29 is 14.4 Å². The lowest BCUT2D eigenvalue weighted by Gasteiger charge is -2.07. The molecule has 2 aromatic rings. The van der Waals surface area contributed by atoms with Crippen molar-refractivity contribution in [2.75, 3.05) is 19.0 Å². The van der Waals surface area contributed by atoms with Gasteiger partial charge in [0.05, 0.1) is 24.0 Å². The van der Waals surface area contributed by atoms with Crippen molar-refractivity contribution in [2.24, 2.45) is 5.16 Å². The van der Waals surface area contributed by atoms with Gasteiger partial charge in [-0.3, -0.25) is 4.79 Å². The van der Waals surface area contributed by atoms with E-state index in [9.17, 15) is 4.79 Å². The van der Waals surface area contributed by atoms with Gasteiger partial charge in [-0.2, -0.15) is 0 Å². The zero-order chi connectivity index (χ0) is 16.7. The van der Waals surface area contributed by atoms with Gasteiger partial charge in [0.15, 0.2) is 6.61 Å². The second-order valence-electron chi connectivity index (χ2n) is 4.78. The third-order valence-corrected chi connectivity index (χ3v) is 3.31. The number of ether oxygens (including phenoxy) is 1. The molecule has 2 aromatic carbocycles. The fraction of sp³-hybridized carbons (Fsp3) is 0.176. The average molecular weight is 333 g/mol. The summed E-state index contributed by atoms with van der Waals surface area (Å²) < 4.78 is 5.18. The molecule has 0 unspecified atom stereocenters. The van der Waals surface area contributed by atoms with Crippen molar-refractivity contribution in [3.05, 3.63) is 58.6 Å². The van der Waals surface area contributed by atoms with Crippen molar-refractivity contribution in [3.63, 3.8) is 0 Å². The van der Waals surface area contributed by atoms with Gasteiger partial charge >= 0.3 is 0 Å². The molecule has 5 nitrogen and oxygen atoms in total. The van der Waals surface area contributed by atoms with Crippen molar-refractivity contribution in [2.45, 2.75) is 6.92 Å². The van der Waals surface area contributed by atoms with Crippen LogP contribution in [0.1, 0.15) is 11.1 Å². The lowest BCUT2D eigenvalue weighted by atomic mass is 10.2. The number of carbonyl (C=O) groups excluding carboxylic acids is 1. The molecule has 0 spiro atoms. The number of aryl methyl sites for hydroxylation is 1. The second kappa shape index (κ2) is 8.19. The molecule has 120 valence electrons. The first-order valence-electron chi connectivity index (χ1n) is 6.94. The van der Waals surface area contributed by atoms with Crippen LogP contribution in [-0.4, -0.2) is 25.8 Å². The van der Waals surface area contributed by atoms with E-state index >= 15 is 0 Å². The maximum absolute atomic E-state index is 11.8. The highest BCUT2D eigenvalue weighted by molar-refractivity contribution is 6.33. The highest BCUT2D eigenvalue weighted by atomic mass is 35.5. The van der Waals surface area contributed by atoms with Crippen LogP contribution in [0.25, 0.3) is 0 Å². The van der Waals surface area contributed by atoms with Crippen molar-refractivity contribution in [1.29, 1.82) is 0 Å². The molecule has 0 fully saturated rings. The third kappa shape index (κ3) is 5.00. The third-order valence-electron chi connectivity index (χ3n) is 3.00. The molecule has 0 heterocycles. The van der Waals surface area contributed by atoms with Crippen LogP contribution in [-0.2, 0) is 9.63 Å². The number of anilines is 1. The molecule has 0 radical (unpaired) electrons. The smallest absolute Gasteiger partial charge is 0.265 e. The normalized spacial score (nSPS) is 10.6. The van der Waals surface area contributed by atoms with Crippen LogP contribution >= 0.6 is 11.6 Å². The fourth-order valence-electron chi connectivity index (χ4n) is 1.87. The minimum Gasteiger partial charge on any atom is -0.496 e. The fourth-order valence-corrected chi connectivity index (χ4v) is 2.15. The summed E-state index contributed by atoms with van der Waals surface area (Å²) in [7, 11) is 1.58. The van der Waals surface area contributed by atoms with Gasteiger partial charge in [0.25, 0.3) is 5.91 Å². The Morgan fingerprint density at radius 3 is 2.83 bits per heavy atom. The quantitative estimate of drug-likeness (QED) is 0.649. The molecule has 0 saturated carbocycles. The number of methoxy groups -OCH3 is 1. The Morgan fingerprint density at radius 2 is 2.09 bits per heavy atom. The molecule has 0 atom stereocenters. The summed E-state index contributed by atoms with van der Waals surface area (Å²) in [5.41, 5.74) is 2.32. The number of nitrogens with one attached hydrogen (secondary N) is 1. The first kappa shape index (κ1) is 16.8. The Balaban J connectivity index is 1.86. The molecule has 1 N–H and O–H groups in total. The van der Waals surface area contributed by atoms with Crippen molar-refractivity contribution in [3.8, 4) is 5.75 Å². The summed E-state index contributed by atoms with van der Waals surface area (Å²) >= 11 is 6.05. The number of nitrogens with zero attached hydrogens (tertiary/aromatic N) is 1. The summed E-state index contributed by atoms with van der Waals surface area (Å²) in [6.45, 7) is 1.71. The standard InChI is InChI=1S/C17H17ClN2O3/c1-12-7-8-15(14(18)9-12)20-17(21)11-23-19-10-13-5-3-4-6-16(13)22-2/h3-10H,11H2,1-2H3,(H,20,21)/b19-10-. The Labute approximate surface area is 139 Å². The van der Waals surface area contributed by atoms with E-state index in [0.717, 1.165) is 11.1 Å². The summed E-state index contributed by atoms with van der Waals surface area (Å²) in [4.78, 5) is 16.8. The average Bonchev–Trinajstić information content (AvgIpc) is 2.54. The zero-order valence-corrected chi connectivity index (χ0v) is 13.6. The Bertz CT molecular complexity index is 717. The number of amides is 1. The molecule has 0 saturated heterocycles. The number of carbonyl (C=O) groups is 1. The first-order valence-corrected chi connectivity index (χ1v) is 7.32. The summed E-state index contributed by atoms with van der Waals surface area (Å²) in [6, 6.07) is 12.7. The van der Waals surface area contributed by atoms with Gasteiger partial charge in [-0.1, -0.05) is 35.0 Å². The number of halogens is 1. The van der Waals surface area contributed by atoms with Crippen molar-refractivity contribution in [1.82, 2.24) is 0 Å². The van der Waals surface area contributed by atoms with E-state index in [0.29, 0.717) is 16.5 Å². The Kier molecular flexibility index (Phi) is 6.00. The lowest BCUT2D eigenvalue weighted by molar-refractivity contribution is -0.120. The molecule has 0 bridgehead atoms.